The van der Waals surface area contributed by atoms with Crippen molar-refractivity contribution in [3.05, 3.63) is 58.7 Å². The minimum atomic E-state index is -1.00. The molecule has 45 heavy (non-hydrogen) atoms. The van der Waals surface area contributed by atoms with Gasteiger partial charge in [0.15, 0.2) is 6.10 Å². The second-order valence-electron chi connectivity index (χ2n) is 13.2. The van der Waals surface area contributed by atoms with E-state index in [4.69, 9.17) is 18.9 Å². The summed E-state index contributed by atoms with van der Waals surface area (Å²) in [5.74, 6) is -0.0671. The summed E-state index contributed by atoms with van der Waals surface area (Å²) in [6, 6.07) is 6.17. The van der Waals surface area contributed by atoms with Crippen molar-refractivity contribution >= 4 is 23.3 Å². The lowest BCUT2D eigenvalue weighted by Gasteiger charge is -2.41. The number of esters is 1. The molecular formula is C34H45FN4O6. The maximum atomic E-state index is 14.2. The number of fused-ring (bicyclic) bond motifs is 10. The fourth-order valence-electron chi connectivity index (χ4n) is 6.00. The second kappa shape index (κ2) is 13.3. The van der Waals surface area contributed by atoms with E-state index in [1.807, 2.05) is 38.2 Å². The number of methoxy groups -OCH3 is 1. The van der Waals surface area contributed by atoms with Crippen LogP contribution in [0.4, 0.5) is 10.2 Å². The smallest absolute Gasteiger partial charge is 0.339 e. The van der Waals surface area contributed by atoms with Crippen molar-refractivity contribution in [3.8, 4) is 5.75 Å². The predicted octanol–water partition coefficient (Wildman–Crippen LogP) is 5.68. The van der Waals surface area contributed by atoms with Crippen LogP contribution in [0.3, 0.4) is 0 Å². The fourth-order valence-corrected chi connectivity index (χ4v) is 6.00. The Bertz CT molecular complexity index is 1540. The molecule has 3 aliphatic rings. The molecule has 1 unspecified atom stereocenters. The molecule has 1 amide bonds. The summed E-state index contributed by atoms with van der Waals surface area (Å²) in [4.78, 5) is 33.6. The monoisotopic (exact) mass is 624 g/mol. The molecule has 244 valence electrons. The van der Waals surface area contributed by atoms with Gasteiger partial charge in [-0.05, 0) is 96.6 Å². The topological polar surface area (TPSA) is 104 Å². The van der Waals surface area contributed by atoms with Crippen molar-refractivity contribution in [1.82, 2.24) is 14.7 Å². The third-order valence-corrected chi connectivity index (χ3v) is 8.43. The molecule has 10 nitrogen and oxygen atoms in total. The van der Waals surface area contributed by atoms with Crippen LogP contribution in [0.2, 0.25) is 0 Å². The Labute approximate surface area is 264 Å². The number of benzene rings is 1. The van der Waals surface area contributed by atoms with Crippen molar-refractivity contribution < 1.29 is 32.9 Å². The van der Waals surface area contributed by atoms with Gasteiger partial charge in [-0.15, -0.1) is 0 Å². The third-order valence-electron chi connectivity index (χ3n) is 8.43. The van der Waals surface area contributed by atoms with Gasteiger partial charge in [0, 0.05) is 43.6 Å². The molecule has 3 aliphatic heterocycles. The van der Waals surface area contributed by atoms with Crippen molar-refractivity contribution in [3.63, 3.8) is 0 Å². The third kappa shape index (κ3) is 7.58. The Morgan fingerprint density at radius 2 is 1.87 bits per heavy atom. The maximum absolute atomic E-state index is 14.2. The number of amides is 1. The van der Waals surface area contributed by atoms with Crippen LogP contribution in [-0.2, 0) is 25.5 Å². The summed E-state index contributed by atoms with van der Waals surface area (Å²) < 4.78 is 40.0. The molecule has 1 fully saturated rings. The first-order chi connectivity index (χ1) is 21.4. The number of carbonyl (C=O) groups excluding carboxylic acids is 2. The van der Waals surface area contributed by atoms with Gasteiger partial charge >= 0.3 is 5.97 Å². The van der Waals surface area contributed by atoms with Gasteiger partial charge in [-0.25, -0.2) is 14.2 Å². The number of carbonyl (C=O) groups is 2. The molecular weight excluding hydrogens is 579 g/mol. The molecule has 0 radical (unpaired) electrons. The minimum absolute atomic E-state index is 0.0688. The standard InChI is InChI=1S/C34H45FN4O6/c1-22-18-27-37-25-21-39(27)31(28(22)29(32(41)42-6)45-33(2,3)4)38-14-12-34(5,13-15-38)44-17-9-7-8-16-43-26-11-10-24(35)19-23(26)20-36-30(25)40/h10-11,18-19,21,29H,7-9,12-17,20H2,1-6H3,(H,36,40). The molecule has 1 atom stereocenters. The van der Waals surface area contributed by atoms with Crippen LogP contribution in [0.15, 0.2) is 30.5 Å². The Balaban J connectivity index is 1.60. The number of aryl methyl sites for hydroxylation is 1. The molecule has 2 aromatic heterocycles. The van der Waals surface area contributed by atoms with Crippen molar-refractivity contribution in [2.75, 3.05) is 38.3 Å². The van der Waals surface area contributed by atoms with Crippen LogP contribution in [-0.4, -0.2) is 65.9 Å². The first-order valence-electron chi connectivity index (χ1n) is 15.7. The number of imidazole rings is 1. The lowest BCUT2D eigenvalue weighted by molar-refractivity contribution is -0.164. The lowest BCUT2D eigenvalue weighted by Crippen LogP contribution is -2.45. The van der Waals surface area contributed by atoms with E-state index < -0.39 is 29.4 Å². The first-order valence-corrected chi connectivity index (χ1v) is 15.7. The molecule has 0 aliphatic carbocycles. The van der Waals surface area contributed by atoms with Gasteiger partial charge in [-0.1, -0.05) is 0 Å². The number of nitrogens with zero attached hydrogens (tertiary/aromatic N) is 3. The summed E-state index contributed by atoms with van der Waals surface area (Å²) in [6.07, 6.45) is 4.91. The van der Waals surface area contributed by atoms with Gasteiger partial charge in [-0.3, -0.25) is 9.20 Å². The first kappa shape index (κ1) is 32.7. The summed E-state index contributed by atoms with van der Waals surface area (Å²) in [6.45, 7) is 12.3. The van der Waals surface area contributed by atoms with E-state index in [0.717, 1.165) is 43.5 Å². The van der Waals surface area contributed by atoms with E-state index in [9.17, 15) is 14.0 Å². The minimum Gasteiger partial charge on any atom is -0.493 e. The Morgan fingerprint density at radius 1 is 1.13 bits per heavy atom. The number of hydrogen-bond acceptors (Lipinski definition) is 8. The normalized spacial score (nSPS) is 18.6. The zero-order valence-corrected chi connectivity index (χ0v) is 27.2. The van der Waals surface area contributed by atoms with E-state index in [1.54, 1.807) is 12.3 Å². The highest BCUT2D eigenvalue weighted by molar-refractivity contribution is 5.93. The number of anilines is 1. The van der Waals surface area contributed by atoms with E-state index in [1.165, 1.54) is 19.2 Å². The van der Waals surface area contributed by atoms with E-state index in [0.29, 0.717) is 48.8 Å². The van der Waals surface area contributed by atoms with Gasteiger partial charge in [0.25, 0.3) is 5.91 Å². The molecule has 0 saturated carbocycles. The highest BCUT2D eigenvalue weighted by Crippen LogP contribution is 2.39. The Morgan fingerprint density at radius 3 is 2.58 bits per heavy atom. The van der Waals surface area contributed by atoms with E-state index in [2.05, 4.69) is 22.1 Å². The largest absolute Gasteiger partial charge is 0.493 e. The number of piperidine rings is 1. The summed E-state index contributed by atoms with van der Waals surface area (Å²) in [7, 11) is 1.35. The highest BCUT2D eigenvalue weighted by atomic mass is 19.1. The van der Waals surface area contributed by atoms with Crippen molar-refractivity contribution in [1.29, 1.82) is 0 Å². The number of pyridine rings is 1. The van der Waals surface area contributed by atoms with Gasteiger partial charge in [0.1, 0.15) is 28.7 Å². The number of ether oxygens (including phenoxy) is 4. The SMILES string of the molecule is COC(=O)C(OC(C)(C)C)c1c(C)cc2nc3cn2c1N1CCC(C)(CC1)OCCCCCOc1ccc(F)cc1CNC3=O. The van der Waals surface area contributed by atoms with Crippen LogP contribution in [0.25, 0.3) is 5.65 Å². The zero-order valence-electron chi connectivity index (χ0n) is 27.2. The number of nitrogens with one attached hydrogen (secondary N) is 1. The van der Waals surface area contributed by atoms with Crippen LogP contribution in [0, 0.1) is 12.7 Å². The fraction of sp³-hybridized carbons (Fsp3) is 0.559. The quantitative estimate of drug-likeness (QED) is 0.372. The average Bonchev–Trinajstić information content (AvgIpc) is 3.41. The van der Waals surface area contributed by atoms with Crippen LogP contribution in [0.1, 0.15) is 93.1 Å². The lowest BCUT2D eigenvalue weighted by atomic mass is 9.92. The van der Waals surface area contributed by atoms with Crippen molar-refractivity contribution in [2.45, 2.75) is 90.6 Å². The maximum Gasteiger partial charge on any atom is 0.339 e. The number of halogens is 1. The van der Waals surface area contributed by atoms with Crippen LogP contribution >= 0.6 is 0 Å². The van der Waals surface area contributed by atoms with E-state index >= 15 is 0 Å². The molecule has 5 heterocycles. The Kier molecular flexibility index (Phi) is 9.69. The molecule has 1 aromatic carbocycles. The average molecular weight is 625 g/mol. The number of rotatable bonds is 3. The molecule has 4 bridgehead atoms. The van der Waals surface area contributed by atoms with Crippen molar-refractivity contribution in [2.24, 2.45) is 0 Å². The zero-order chi connectivity index (χ0) is 32.4. The molecule has 11 heteroatoms. The predicted molar refractivity (Wildman–Crippen MR) is 168 cm³/mol. The molecule has 6 rings (SSSR count). The van der Waals surface area contributed by atoms with Gasteiger partial charge in [-0.2, -0.15) is 0 Å². The summed E-state index contributed by atoms with van der Waals surface area (Å²) in [5, 5.41) is 2.88. The van der Waals surface area contributed by atoms with Gasteiger partial charge in [0.05, 0.1) is 24.9 Å². The second-order valence-corrected chi connectivity index (χ2v) is 13.2. The van der Waals surface area contributed by atoms with Gasteiger partial charge < -0.3 is 29.2 Å². The molecule has 0 spiro atoms. The number of aromatic nitrogens is 2. The molecule has 1 saturated heterocycles. The van der Waals surface area contributed by atoms with E-state index in [-0.39, 0.29) is 17.8 Å². The molecule has 1 N–H and O–H groups in total. The van der Waals surface area contributed by atoms with Gasteiger partial charge in [0.2, 0.25) is 0 Å². The summed E-state index contributed by atoms with van der Waals surface area (Å²) in [5.41, 5.74) is 1.82. The Hall–Kier alpha value is -3.70. The number of hydrogen-bond donors (Lipinski definition) is 1. The molecule has 3 aromatic rings. The van der Waals surface area contributed by atoms with Crippen LogP contribution in [0.5, 0.6) is 5.75 Å². The highest BCUT2D eigenvalue weighted by Gasteiger charge is 2.37. The summed E-state index contributed by atoms with van der Waals surface area (Å²) >= 11 is 0. The van der Waals surface area contributed by atoms with Crippen LogP contribution < -0.4 is 15.0 Å².